The quantitative estimate of drug-likeness (QED) is 0.652. The van der Waals surface area contributed by atoms with E-state index in [4.69, 9.17) is 0 Å². The molecule has 1 aromatic heterocycles. The lowest BCUT2D eigenvalue weighted by molar-refractivity contribution is -0.138. The van der Waals surface area contributed by atoms with Crippen LogP contribution < -0.4 is 0 Å². The van der Waals surface area contributed by atoms with Crippen LogP contribution in [0.5, 0.6) is 0 Å². The predicted molar refractivity (Wildman–Crippen MR) is 77.9 cm³/mol. The summed E-state index contributed by atoms with van der Waals surface area (Å²) in [6.45, 7) is 0.0596. The molecule has 2 nitrogen and oxygen atoms in total. The molecule has 0 bridgehead atoms. The lowest BCUT2D eigenvalue weighted by Crippen LogP contribution is -2.11. The third kappa shape index (κ3) is 2.50. The molecule has 0 saturated carbocycles. The number of alkyl halides is 3. The molecule has 0 aliphatic carbocycles. The van der Waals surface area contributed by atoms with Gasteiger partial charge >= 0.3 is 6.18 Å². The van der Waals surface area contributed by atoms with E-state index in [1.165, 1.54) is 12.1 Å². The molecule has 0 spiro atoms. The Bertz CT molecular complexity index is 833. The first kappa shape index (κ1) is 14.4. The monoisotopic (exact) mass is 303 g/mol. The van der Waals surface area contributed by atoms with Crippen LogP contribution in [0.2, 0.25) is 0 Å². The van der Waals surface area contributed by atoms with Crippen molar-refractivity contribution in [3.63, 3.8) is 0 Å². The highest BCUT2D eigenvalue weighted by molar-refractivity contribution is 5.97. The average molecular weight is 303 g/mol. The van der Waals surface area contributed by atoms with Crippen LogP contribution in [0.3, 0.4) is 0 Å². The van der Waals surface area contributed by atoms with Gasteiger partial charge in [0.1, 0.15) is 0 Å². The zero-order valence-electron chi connectivity index (χ0n) is 11.5. The van der Waals surface area contributed by atoms with Gasteiger partial charge in [0.25, 0.3) is 0 Å². The molecule has 2 aromatic carbocycles. The fourth-order valence-corrected chi connectivity index (χ4v) is 2.62. The van der Waals surface area contributed by atoms with E-state index >= 15 is 0 Å². The van der Waals surface area contributed by atoms with Gasteiger partial charge in [0, 0.05) is 29.2 Å². The second-order valence-electron chi connectivity index (χ2n) is 5.00. The summed E-state index contributed by atoms with van der Waals surface area (Å²) in [6, 6.07) is 12.6. The zero-order valence-corrected chi connectivity index (χ0v) is 11.5. The van der Waals surface area contributed by atoms with Crippen LogP contribution in [0.15, 0.2) is 54.7 Å². The molecule has 112 valence electrons. The first-order chi connectivity index (χ1) is 10.5. The molecule has 5 heteroatoms. The number of aldehydes is 1. The second kappa shape index (κ2) is 5.33. The first-order valence-corrected chi connectivity index (χ1v) is 6.69. The number of carbonyl (C=O) groups is 1. The highest BCUT2D eigenvalue weighted by atomic mass is 19.4. The van der Waals surface area contributed by atoms with Crippen LogP contribution in [-0.2, 0) is 12.7 Å². The lowest BCUT2D eigenvalue weighted by Gasteiger charge is -2.13. The Morgan fingerprint density at radius 3 is 2.41 bits per heavy atom. The summed E-state index contributed by atoms with van der Waals surface area (Å²) in [5.74, 6) is 0. The fraction of sp³-hybridized carbons (Fsp3) is 0.118. The van der Waals surface area contributed by atoms with Gasteiger partial charge in [-0.05, 0) is 17.7 Å². The van der Waals surface area contributed by atoms with Gasteiger partial charge in [-0.25, -0.2) is 0 Å². The third-order valence-corrected chi connectivity index (χ3v) is 3.61. The summed E-state index contributed by atoms with van der Waals surface area (Å²) >= 11 is 0. The molecule has 0 amide bonds. The Hall–Kier alpha value is -2.56. The summed E-state index contributed by atoms with van der Waals surface area (Å²) in [6.07, 6.45) is -2.09. The number of fused-ring (bicyclic) bond motifs is 1. The molecule has 0 aliphatic rings. The second-order valence-corrected chi connectivity index (χ2v) is 5.00. The Morgan fingerprint density at radius 1 is 1.00 bits per heavy atom. The number of para-hydroxylation sites is 1. The Morgan fingerprint density at radius 2 is 1.68 bits per heavy atom. The minimum atomic E-state index is -4.40. The maximum Gasteiger partial charge on any atom is 0.416 e. The molecule has 1 heterocycles. The van der Waals surface area contributed by atoms with E-state index < -0.39 is 11.7 Å². The molecule has 0 unspecified atom stereocenters. The van der Waals surface area contributed by atoms with Crippen molar-refractivity contribution in [2.24, 2.45) is 0 Å². The average Bonchev–Trinajstić information content (AvgIpc) is 2.85. The van der Waals surface area contributed by atoms with Crippen LogP contribution in [0, 0.1) is 0 Å². The van der Waals surface area contributed by atoms with Crippen LogP contribution in [0.25, 0.3) is 10.9 Å². The van der Waals surface area contributed by atoms with Crippen molar-refractivity contribution < 1.29 is 18.0 Å². The number of hydrogen-bond acceptors (Lipinski definition) is 1. The SMILES string of the molecule is O=Cc1cn(Cc2ccccc2C(F)(F)F)c2ccccc12. The van der Waals surface area contributed by atoms with Crippen LogP contribution in [0.4, 0.5) is 13.2 Å². The van der Waals surface area contributed by atoms with Crippen molar-refractivity contribution in [2.75, 3.05) is 0 Å². The molecule has 0 N–H and O–H groups in total. The van der Waals surface area contributed by atoms with Gasteiger partial charge < -0.3 is 4.57 Å². The molecule has 0 aliphatic heterocycles. The minimum Gasteiger partial charge on any atom is -0.342 e. The summed E-state index contributed by atoms with van der Waals surface area (Å²) in [7, 11) is 0. The van der Waals surface area contributed by atoms with Gasteiger partial charge in [-0.2, -0.15) is 13.2 Å². The van der Waals surface area contributed by atoms with E-state index in [0.717, 1.165) is 17.0 Å². The third-order valence-electron chi connectivity index (χ3n) is 3.61. The Balaban J connectivity index is 2.10. The molecule has 0 saturated heterocycles. The molecule has 22 heavy (non-hydrogen) atoms. The van der Waals surface area contributed by atoms with Gasteiger partial charge in [-0.1, -0.05) is 36.4 Å². The van der Waals surface area contributed by atoms with E-state index in [1.807, 2.05) is 0 Å². The maximum absolute atomic E-state index is 13.1. The Labute approximate surface area is 124 Å². The van der Waals surface area contributed by atoms with E-state index in [0.29, 0.717) is 11.8 Å². The smallest absolute Gasteiger partial charge is 0.342 e. The number of aromatic nitrogens is 1. The molecule has 0 radical (unpaired) electrons. The topological polar surface area (TPSA) is 22.0 Å². The number of rotatable bonds is 3. The van der Waals surface area contributed by atoms with Crippen molar-refractivity contribution in [1.29, 1.82) is 0 Å². The van der Waals surface area contributed by atoms with Crippen molar-refractivity contribution in [3.8, 4) is 0 Å². The molecular weight excluding hydrogens is 291 g/mol. The number of benzene rings is 2. The lowest BCUT2D eigenvalue weighted by atomic mass is 10.1. The summed E-state index contributed by atoms with van der Waals surface area (Å²) in [4.78, 5) is 11.1. The zero-order chi connectivity index (χ0) is 15.7. The van der Waals surface area contributed by atoms with Crippen molar-refractivity contribution in [1.82, 2.24) is 4.57 Å². The Kier molecular flexibility index (Phi) is 3.48. The largest absolute Gasteiger partial charge is 0.416 e. The van der Waals surface area contributed by atoms with E-state index in [9.17, 15) is 18.0 Å². The van der Waals surface area contributed by atoms with Gasteiger partial charge in [-0.3, -0.25) is 4.79 Å². The van der Waals surface area contributed by atoms with Crippen LogP contribution in [0.1, 0.15) is 21.5 Å². The van der Waals surface area contributed by atoms with Gasteiger partial charge in [0.2, 0.25) is 0 Å². The highest BCUT2D eigenvalue weighted by Crippen LogP contribution is 2.32. The highest BCUT2D eigenvalue weighted by Gasteiger charge is 2.32. The summed E-state index contributed by atoms with van der Waals surface area (Å²) in [5, 5.41) is 0.738. The van der Waals surface area contributed by atoms with Gasteiger partial charge in [-0.15, -0.1) is 0 Å². The molecule has 0 fully saturated rings. The number of carbonyl (C=O) groups excluding carboxylic acids is 1. The van der Waals surface area contributed by atoms with Crippen LogP contribution >= 0.6 is 0 Å². The first-order valence-electron chi connectivity index (χ1n) is 6.69. The molecular formula is C17H12F3NO. The van der Waals surface area contributed by atoms with Crippen molar-refractivity contribution >= 4 is 17.2 Å². The van der Waals surface area contributed by atoms with Gasteiger partial charge in [0.05, 0.1) is 5.56 Å². The van der Waals surface area contributed by atoms with Crippen LogP contribution in [-0.4, -0.2) is 10.9 Å². The predicted octanol–water partition coefficient (Wildman–Crippen LogP) is 4.52. The van der Waals surface area contributed by atoms with E-state index in [-0.39, 0.29) is 12.1 Å². The van der Waals surface area contributed by atoms with E-state index in [1.54, 1.807) is 41.1 Å². The number of nitrogens with zero attached hydrogens (tertiary/aromatic N) is 1. The molecule has 0 atom stereocenters. The standard InChI is InChI=1S/C17H12F3NO/c18-17(19,20)15-7-3-1-5-12(15)9-21-10-13(11-22)14-6-2-4-8-16(14)21/h1-8,10-11H,9H2. The van der Waals surface area contributed by atoms with Crippen molar-refractivity contribution in [3.05, 3.63) is 71.4 Å². The van der Waals surface area contributed by atoms with Crippen molar-refractivity contribution in [2.45, 2.75) is 12.7 Å². The van der Waals surface area contributed by atoms with E-state index in [2.05, 4.69) is 0 Å². The summed E-state index contributed by atoms with van der Waals surface area (Å²) < 4.78 is 40.9. The fourth-order valence-electron chi connectivity index (χ4n) is 2.62. The maximum atomic E-state index is 13.1. The normalized spacial score (nSPS) is 11.8. The summed E-state index contributed by atoms with van der Waals surface area (Å²) in [5.41, 5.74) is 0.732. The minimum absolute atomic E-state index is 0.0596. The molecule has 3 aromatic rings. The molecule has 3 rings (SSSR count). The van der Waals surface area contributed by atoms with Gasteiger partial charge in [0.15, 0.2) is 6.29 Å². The number of hydrogen-bond donors (Lipinski definition) is 0. The number of halogens is 3.